The quantitative estimate of drug-likeness (QED) is 0.478. The highest BCUT2D eigenvalue weighted by molar-refractivity contribution is 4.93. The summed E-state index contributed by atoms with van der Waals surface area (Å²) >= 11 is 0. The summed E-state index contributed by atoms with van der Waals surface area (Å²) in [6.07, 6.45) is 2.53. The summed E-state index contributed by atoms with van der Waals surface area (Å²) in [4.78, 5) is 0. The minimum atomic E-state index is 0.362. The van der Waals surface area contributed by atoms with E-state index in [1.165, 1.54) is 0 Å². The van der Waals surface area contributed by atoms with Gasteiger partial charge in [0.15, 0.2) is 0 Å². The van der Waals surface area contributed by atoms with Gasteiger partial charge in [-0.2, -0.15) is 0 Å². The van der Waals surface area contributed by atoms with Gasteiger partial charge >= 0.3 is 0 Å². The number of ether oxygens (including phenoxy) is 1. The fraction of sp³-hybridized carbons (Fsp3) is 1.00. The van der Waals surface area contributed by atoms with Crippen LogP contribution in [0.2, 0.25) is 0 Å². The van der Waals surface area contributed by atoms with Crippen molar-refractivity contribution < 1.29 is 4.74 Å². The predicted octanol–water partition coefficient (Wildman–Crippen LogP) is -0.536. The number of fused-ring (bicyclic) bond motifs is 1. The average Bonchev–Trinajstić information content (AvgIpc) is 2.27. The van der Waals surface area contributed by atoms with Crippen molar-refractivity contribution in [2.75, 3.05) is 13.2 Å². The first-order valence-electron chi connectivity index (χ1n) is 3.97. The Morgan fingerprint density at radius 3 is 3.10 bits per heavy atom. The molecule has 2 rings (SSSR count). The first-order chi connectivity index (χ1) is 4.86. The number of hydrogen-bond donors (Lipinski definition) is 2. The summed E-state index contributed by atoms with van der Waals surface area (Å²) in [5, 5.41) is 3.41. The lowest BCUT2D eigenvalue weighted by Gasteiger charge is -2.26. The van der Waals surface area contributed by atoms with E-state index < -0.39 is 0 Å². The Morgan fingerprint density at radius 1 is 1.40 bits per heavy atom. The van der Waals surface area contributed by atoms with E-state index in [9.17, 15) is 0 Å². The highest BCUT2D eigenvalue weighted by atomic mass is 16.5. The molecule has 58 valence electrons. The molecule has 3 N–H and O–H groups in total. The van der Waals surface area contributed by atoms with Gasteiger partial charge in [-0.15, -0.1) is 0 Å². The molecule has 0 aromatic rings. The Labute approximate surface area is 60.9 Å². The Kier molecular flexibility index (Phi) is 1.64. The zero-order valence-electron chi connectivity index (χ0n) is 6.05. The molecule has 1 heterocycles. The van der Waals surface area contributed by atoms with Crippen LogP contribution in [0.15, 0.2) is 0 Å². The number of morpholine rings is 1. The summed E-state index contributed by atoms with van der Waals surface area (Å²) in [5.74, 6) is 0. The number of hydrogen-bond acceptors (Lipinski definition) is 3. The standard InChI is InChI=1S/C7H14N2O/c8-5-3-6-7(4-5)10-2-1-9-6/h5-7,9H,1-4,8H2. The van der Waals surface area contributed by atoms with Crippen molar-refractivity contribution in [3.63, 3.8) is 0 Å². The average molecular weight is 142 g/mol. The Hall–Kier alpha value is -0.120. The summed E-state index contributed by atoms with van der Waals surface area (Å²) in [6, 6.07) is 0.907. The number of nitrogens with one attached hydrogen (secondary N) is 1. The first-order valence-corrected chi connectivity index (χ1v) is 3.97. The molecule has 0 bridgehead atoms. The largest absolute Gasteiger partial charge is 0.375 e. The molecule has 0 aromatic carbocycles. The predicted molar refractivity (Wildman–Crippen MR) is 38.7 cm³/mol. The fourth-order valence-electron chi connectivity index (χ4n) is 1.89. The summed E-state index contributed by atoms with van der Waals surface area (Å²) in [5.41, 5.74) is 5.77. The van der Waals surface area contributed by atoms with E-state index in [1.807, 2.05) is 0 Å². The zero-order chi connectivity index (χ0) is 6.97. The molecule has 1 aliphatic carbocycles. The summed E-state index contributed by atoms with van der Waals surface area (Å²) < 4.78 is 5.53. The van der Waals surface area contributed by atoms with Gasteiger partial charge in [-0.25, -0.2) is 0 Å². The van der Waals surface area contributed by atoms with Gasteiger partial charge in [-0.05, 0) is 12.8 Å². The molecule has 2 fully saturated rings. The van der Waals surface area contributed by atoms with Gasteiger partial charge in [0.2, 0.25) is 0 Å². The molecule has 3 unspecified atom stereocenters. The molecular weight excluding hydrogens is 128 g/mol. The van der Waals surface area contributed by atoms with Gasteiger partial charge < -0.3 is 15.8 Å². The van der Waals surface area contributed by atoms with E-state index in [1.54, 1.807) is 0 Å². The maximum absolute atomic E-state index is 5.77. The fourth-order valence-corrected chi connectivity index (χ4v) is 1.89. The van der Waals surface area contributed by atoms with Gasteiger partial charge in [-0.1, -0.05) is 0 Å². The molecule has 3 atom stereocenters. The van der Waals surface area contributed by atoms with E-state index in [4.69, 9.17) is 10.5 Å². The monoisotopic (exact) mass is 142 g/mol. The molecule has 1 saturated heterocycles. The smallest absolute Gasteiger partial charge is 0.0744 e. The van der Waals surface area contributed by atoms with E-state index >= 15 is 0 Å². The minimum Gasteiger partial charge on any atom is -0.375 e. The lowest BCUT2D eigenvalue weighted by Crippen LogP contribution is -2.44. The van der Waals surface area contributed by atoms with Gasteiger partial charge in [0.1, 0.15) is 0 Å². The third-order valence-corrected chi connectivity index (χ3v) is 2.38. The summed E-state index contributed by atoms with van der Waals surface area (Å²) in [6.45, 7) is 1.85. The van der Waals surface area contributed by atoms with E-state index in [0.29, 0.717) is 18.2 Å². The third kappa shape index (κ3) is 1.05. The Morgan fingerprint density at radius 2 is 2.30 bits per heavy atom. The molecule has 1 saturated carbocycles. The van der Waals surface area contributed by atoms with E-state index in [2.05, 4.69) is 5.32 Å². The third-order valence-electron chi connectivity index (χ3n) is 2.38. The van der Waals surface area contributed by atoms with Crippen LogP contribution in [0.25, 0.3) is 0 Å². The SMILES string of the molecule is NC1CC2NCCOC2C1. The van der Waals surface area contributed by atoms with Crippen molar-refractivity contribution in [3.05, 3.63) is 0 Å². The van der Waals surface area contributed by atoms with Crippen LogP contribution in [-0.2, 0) is 4.74 Å². The van der Waals surface area contributed by atoms with Crippen LogP contribution in [0.3, 0.4) is 0 Å². The molecule has 1 aliphatic heterocycles. The van der Waals surface area contributed by atoms with Gasteiger partial charge in [0.05, 0.1) is 12.7 Å². The van der Waals surface area contributed by atoms with Crippen LogP contribution in [-0.4, -0.2) is 31.3 Å². The molecule has 10 heavy (non-hydrogen) atoms. The molecule has 0 aromatic heterocycles. The normalized spacial score (nSPS) is 47.1. The molecule has 3 nitrogen and oxygen atoms in total. The Balaban J connectivity index is 1.97. The van der Waals surface area contributed by atoms with Crippen LogP contribution in [0, 0.1) is 0 Å². The lowest BCUT2D eigenvalue weighted by molar-refractivity contribution is 0.0110. The maximum atomic E-state index is 5.77. The van der Waals surface area contributed by atoms with E-state index in [-0.39, 0.29) is 0 Å². The second-order valence-corrected chi connectivity index (χ2v) is 3.20. The highest BCUT2D eigenvalue weighted by Crippen LogP contribution is 2.22. The molecule has 3 heteroatoms. The Bertz CT molecular complexity index is 115. The summed E-state index contributed by atoms with van der Waals surface area (Å²) in [7, 11) is 0. The molecular formula is C7H14N2O. The van der Waals surface area contributed by atoms with Gasteiger partial charge in [0, 0.05) is 18.6 Å². The van der Waals surface area contributed by atoms with Crippen LogP contribution in [0.5, 0.6) is 0 Å². The van der Waals surface area contributed by atoms with Crippen molar-refractivity contribution in [3.8, 4) is 0 Å². The minimum absolute atomic E-state index is 0.362. The zero-order valence-corrected chi connectivity index (χ0v) is 6.05. The van der Waals surface area contributed by atoms with Gasteiger partial charge in [-0.3, -0.25) is 0 Å². The van der Waals surface area contributed by atoms with Crippen molar-refractivity contribution in [1.82, 2.24) is 5.32 Å². The first kappa shape index (κ1) is 6.58. The molecule has 0 radical (unpaired) electrons. The van der Waals surface area contributed by atoms with Crippen molar-refractivity contribution in [2.45, 2.75) is 31.0 Å². The second-order valence-electron chi connectivity index (χ2n) is 3.20. The van der Waals surface area contributed by atoms with Crippen LogP contribution in [0.4, 0.5) is 0 Å². The second kappa shape index (κ2) is 2.49. The van der Waals surface area contributed by atoms with Crippen molar-refractivity contribution in [1.29, 1.82) is 0 Å². The number of rotatable bonds is 0. The van der Waals surface area contributed by atoms with Crippen LogP contribution < -0.4 is 11.1 Å². The van der Waals surface area contributed by atoms with Crippen molar-refractivity contribution in [2.24, 2.45) is 5.73 Å². The lowest BCUT2D eigenvalue weighted by atomic mass is 10.2. The molecule has 0 amide bonds. The maximum Gasteiger partial charge on any atom is 0.0744 e. The van der Waals surface area contributed by atoms with E-state index in [0.717, 1.165) is 26.0 Å². The molecule has 2 aliphatic rings. The van der Waals surface area contributed by atoms with Gasteiger partial charge in [0.25, 0.3) is 0 Å². The van der Waals surface area contributed by atoms with Crippen LogP contribution >= 0.6 is 0 Å². The highest BCUT2D eigenvalue weighted by Gasteiger charge is 2.34. The molecule has 0 spiro atoms. The van der Waals surface area contributed by atoms with Crippen LogP contribution in [0.1, 0.15) is 12.8 Å². The van der Waals surface area contributed by atoms with Crippen molar-refractivity contribution >= 4 is 0 Å². The number of nitrogens with two attached hydrogens (primary N) is 1. The topological polar surface area (TPSA) is 47.3 Å².